The summed E-state index contributed by atoms with van der Waals surface area (Å²) in [6, 6.07) is 0. The van der Waals surface area contributed by atoms with Gasteiger partial charge in [-0.3, -0.25) is 4.79 Å². The Morgan fingerprint density at radius 2 is 2.23 bits per heavy atom. The van der Waals surface area contributed by atoms with Crippen molar-refractivity contribution < 1.29 is 14.6 Å². The Hall–Kier alpha value is -0.610. The van der Waals surface area contributed by atoms with Crippen LogP contribution in [-0.4, -0.2) is 36.9 Å². The molecule has 0 saturated carbocycles. The molecule has 0 saturated heterocycles. The lowest BCUT2D eigenvalue weighted by atomic mass is 10.2. The molecule has 0 aliphatic carbocycles. The molecule has 0 aliphatic rings. The molecule has 0 aromatic rings. The fourth-order valence-corrected chi connectivity index (χ4v) is 0.875. The molecule has 0 spiro atoms. The van der Waals surface area contributed by atoms with Gasteiger partial charge in [0.2, 0.25) is 0 Å². The summed E-state index contributed by atoms with van der Waals surface area (Å²) in [5.41, 5.74) is 0. The molecule has 2 N–H and O–H groups in total. The number of aliphatic hydroxyl groups is 1. The van der Waals surface area contributed by atoms with E-state index in [1.165, 1.54) is 0 Å². The fraction of sp³-hybridized carbons (Fsp3) is 0.889. The summed E-state index contributed by atoms with van der Waals surface area (Å²) < 4.78 is 4.71. The first-order valence-electron chi connectivity index (χ1n) is 4.75. The number of nitrogens with one attached hydrogen (secondary N) is 1. The Balaban J connectivity index is 3.20. The lowest BCUT2D eigenvalue weighted by molar-refractivity contribution is -0.142. The van der Waals surface area contributed by atoms with Crippen LogP contribution >= 0.6 is 0 Å². The Bertz CT molecular complexity index is 139. The van der Waals surface area contributed by atoms with E-state index in [1.807, 2.05) is 6.92 Å². The molecule has 0 aromatic heterocycles. The molecule has 0 bridgehead atoms. The minimum Gasteiger partial charge on any atom is -0.465 e. The van der Waals surface area contributed by atoms with Crippen molar-refractivity contribution in [3.05, 3.63) is 0 Å². The normalized spacial score (nSPS) is 12.5. The largest absolute Gasteiger partial charge is 0.465 e. The summed E-state index contributed by atoms with van der Waals surface area (Å²) in [4.78, 5) is 10.8. The van der Waals surface area contributed by atoms with Gasteiger partial charge in [-0.25, -0.2) is 0 Å². The van der Waals surface area contributed by atoms with E-state index in [0.717, 1.165) is 6.42 Å². The number of aliphatic hydroxyl groups excluding tert-OH is 1. The molecule has 4 heteroatoms. The predicted molar refractivity (Wildman–Crippen MR) is 50.4 cm³/mol. The van der Waals surface area contributed by atoms with E-state index in [0.29, 0.717) is 19.6 Å². The van der Waals surface area contributed by atoms with Crippen LogP contribution in [0.3, 0.4) is 0 Å². The summed E-state index contributed by atoms with van der Waals surface area (Å²) in [6.45, 7) is 4.99. The van der Waals surface area contributed by atoms with Gasteiger partial charge in [0, 0.05) is 0 Å². The molecule has 1 atom stereocenters. The van der Waals surface area contributed by atoms with Crippen LogP contribution in [0.4, 0.5) is 0 Å². The van der Waals surface area contributed by atoms with Crippen LogP contribution in [0, 0.1) is 0 Å². The zero-order chi connectivity index (χ0) is 10.1. The third-order valence-corrected chi connectivity index (χ3v) is 1.70. The van der Waals surface area contributed by atoms with Crippen molar-refractivity contribution in [1.82, 2.24) is 5.32 Å². The van der Waals surface area contributed by atoms with Gasteiger partial charge in [-0.1, -0.05) is 6.92 Å². The van der Waals surface area contributed by atoms with Crippen LogP contribution in [0.25, 0.3) is 0 Å². The zero-order valence-electron chi connectivity index (χ0n) is 8.38. The topological polar surface area (TPSA) is 58.6 Å². The van der Waals surface area contributed by atoms with Crippen LogP contribution in [0.1, 0.15) is 26.7 Å². The van der Waals surface area contributed by atoms with Crippen molar-refractivity contribution in [2.45, 2.75) is 32.8 Å². The van der Waals surface area contributed by atoms with Crippen molar-refractivity contribution in [1.29, 1.82) is 0 Å². The Labute approximate surface area is 79.3 Å². The quantitative estimate of drug-likeness (QED) is 0.447. The molecular formula is C9H19NO3. The smallest absolute Gasteiger partial charge is 0.319 e. The first kappa shape index (κ1) is 12.4. The highest BCUT2D eigenvalue weighted by Gasteiger charge is 2.02. The molecule has 78 valence electrons. The van der Waals surface area contributed by atoms with E-state index < -0.39 is 0 Å². The number of carbonyl (C=O) groups is 1. The monoisotopic (exact) mass is 189 g/mol. The molecule has 13 heavy (non-hydrogen) atoms. The summed E-state index contributed by atoms with van der Waals surface area (Å²) in [5, 5.41) is 12.1. The van der Waals surface area contributed by atoms with Crippen LogP contribution in [-0.2, 0) is 9.53 Å². The SMILES string of the molecule is CCOC(=O)CNCCC(O)CC. The molecule has 0 heterocycles. The molecule has 0 aromatic carbocycles. The molecule has 0 rings (SSSR count). The number of esters is 1. The zero-order valence-corrected chi connectivity index (χ0v) is 8.38. The van der Waals surface area contributed by atoms with E-state index in [9.17, 15) is 9.90 Å². The van der Waals surface area contributed by atoms with Gasteiger partial charge in [0.05, 0.1) is 19.3 Å². The third-order valence-electron chi connectivity index (χ3n) is 1.70. The van der Waals surface area contributed by atoms with Crippen LogP contribution in [0.5, 0.6) is 0 Å². The summed E-state index contributed by atoms with van der Waals surface area (Å²) in [7, 11) is 0. The van der Waals surface area contributed by atoms with E-state index in [1.54, 1.807) is 6.92 Å². The number of hydrogen-bond acceptors (Lipinski definition) is 4. The van der Waals surface area contributed by atoms with Crippen molar-refractivity contribution in [3.63, 3.8) is 0 Å². The number of ether oxygens (including phenoxy) is 1. The average Bonchev–Trinajstić information content (AvgIpc) is 2.12. The van der Waals surface area contributed by atoms with Gasteiger partial charge in [-0.15, -0.1) is 0 Å². The highest BCUT2D eigenvalue weighted by atomic mass is 16.5. The molecule has 4 nitrogen and oxygen atoms in total. The van der Waals surface area contributed by atoms with E-state index in [2.05, 4.69) is 5.32 Å². The maximum atomic E-state index is 10.8. The van der Waals surface area contributed by atoms with Gasteiger partial charge < -0.3 is 15.2 Å². The van der Waals surface area contributed by atoms with Gasteiger partial charge in [-0.05, 0) is 26.3 Å². The van der Waals surface area contributed by atoms with E-state index >= 15 is 0 Å². The average molecular weight is 189 g/mol. The number of carbonyl (C=O) groups excluding carboxylic acids is 1. The van der Waals surface area contributed by atoms with Gasteiger partial charge in [0.1, 0.15) is 0 Å². The summed E-state index contributed by atoms with van der Waals surface area (Å²) >= 11 is 0. The van der Waals surface area contributed by atoms with Crippen molar-refractivity contribution in [2.24, 2.45) is 0 Å². The second-order valence-electron chi connectivity index (χ2n) is 2.83. The second-order valence-corrected chi connectivity index (χ2v) is 2.83. The molecule has 0 fully saturated rings. The second kappa shape index (κ2) is 8.01. The van der Waals surface area contributed by atoms with Gasteiger partial charge in [-0.2, -0.15) is 0 Å². The first-order chi connectivity index (χ1) is 6.20. The summed E-state index contributed by atoms with van der Waals surface area (Å²) in [5.74, 6) is -0.242. The molecular weight excluding hydrogens is 170 g/mol. The number of rotatable bonds is 7. The van der Waals surface area contributed by atoms with Crippen molar-refractivity contribution in [2.75, 3.05) is 19.7 Å². The standard InChI is InChI=1S/C9H19NO3/c1-3-8(11)5-6-10-7-9(12)13-4-2/h8,10-11H,3-7H2,1-2H3. The highest BCUT2D eigenvalue weighted by Crippen LogP contribution is 1.93. The van der Waals surface area contributed by atoms with Crippen LogP contribution < -0.4 is 5.32 Å². The Morgan fingerprint density at radius 3 is 2.77 bits per heavy atom. The molecule has 0 amide bonds. The third kappa shape index (κ3) is 7.74. The summed E-state index contributed by atoms with van der Waals surface area (Å²) in [6.07, 6.45) is 1.16. The van der Waals surface area contributed by atoms with Gasteiger partial charge in [0.25, 0.3) is 0 Å². The Morgan fingerprint density at radius 1 is 1.54 bits per heavy atom. The van der Waals surface area contributed by atoms with Gasteiger partial charge >= 0.3 is 5.97 Å². The minimum absolute atomic E-state index is 0.226. The van der Waals surface area contributed by atoms with Crippen molar-refractivity contribution in [3.8, 4) is 0 Å². The molecule has 0 radical (unpaired) electrons. The Kier molecular flexibility index (Phi) is 7.63. The minimum atomic E-state index is -0.269. The van der Waals surface area contributed by atoms with Gasteiger partial charge in [0.15, 0.2) is 0 Å². The van der Waals surface area contributed by atoms with Crippen LogP contribution in [0.15, 0.2) is 0 Å². The molecule has 1 unspecified atom stereocenters. The van der Waals surface area contributed by atoms with Crippen LogP contribution in [0.2, 0.25) is 0 Å². The van der Waals surface area contributed by atoms with Crippen molar-refractivity contribution >= 4 is 5.97 Å². The first-order valence-corrected chi connectivity index (χ1v) is 4.75. The lowest BCUT2D eigenvalue weighted by Crippen LogP contribution is -2.27. The molecule has 0 aliphatic heterocycles. The maximum absolute atomic E-state index is 10.8. The number of hydrogen-bond donors (Lipinski definition) is 2. The van der Waals surface area contributed by atoms with E-state index in [-0.39, 0.29) is 18.6 Å². The fourth-order valence-electron chi connectivity index (χ4n) is 0.875. The predicted octanol–water partition coefficient (Wildman–Crippen LogP) is 0.300. The van der Waals surface area contributed by atoms with E-state index in [4.69, 9.17) is 4.74 Å². The highest BCUT2D eigenvalue weighted by molar-refractivity contribution is 5.71. The maximum Gasteiger partial charge on any atom is 0.319 e. The lowest BCUT2D eigenvalue weighted by Gasteiger charge is -2.07.